The summed E-state index contributed by atoms with van der Waals surface area (Å²) < 4.78 is 17.4. The number of unbranched alkanes of at least 4 members (excludes halogenated alkanes) is 25. The lowest BCUT2D eigenvalue weighted by molar-refractivity contribution is -0.887. The molecule has 0 aliphatic rings. The van der Waals surface area contributed by atoms with Gasteiger partial charge in [0.15, 0.2) is 12.1 Å². The van der Waals surface area contributed by atoms with Crippen LogP contribution >= 0.6 is 0 Å². The van der Waals surface area contributed by atoms with Crippen LogP contribution in [0.4, 0.5) is 0 Å². The van der Waals surface area contributed by atoms with Crippen molar-refractivity contribution in [2.45, 2.75) is 251 Å². The molecule has 0 heterocycles. The average molecular weight is 927 g/mol. The Labute approximate surface area is 407 Å². The minimum atomic E-state index is -0.877. The molecule has 0 aliphatic carbocycles. The molecular formula is C58H104NO7+. The van der Waals surface area contributed by atoms with Crippen molar-refractivity contribution in [2.24, 2.45) is 0 Å². The summed E-state index contributed by atoms with van der Waals surface area (Å²) in [6.07, 6.45) is 61.3. The molecule has 0 fully saturated rings. The number of carbonyl (C=O) groups excluding carboxylic acids is 2. The van der Waals surface area contributed by atoms with E-state index in [0.29, 0.717) is 19.3 Å². The Bertz CT molecular complexity index is 1260. The molecule has 0 amide bonds. The van der Waals surface area contributed by atoms with Gasteiger partial charge in [-0.2, -0.15) is 0 Å². The summed E-state index contributed by atoms with van der Waals surface area (Å²) in [6, 6.07) is -0.620. The fourth-order valence-electron chi connectivity index (χ4n) is 7.96. The number of ether oxygens (including phenoxy) is 3. The summed E-state index contributed by atoms with van der Waals surface area (Å²) in [7, 11) is 5.53. The highest BCUT2D eigenvalue weighted by Gasteiger charge is 2.31. The lowest BCUT2D eigenvalue weighted by atomic mass is 10.1. The van der Waals surface area contributed by atoms with E-state index < -0.39 is 18.1 Å². The zero-order valence-electron chi connectivity index (χ0n) is 43.6. The first-order valence-corrected chi connectivity index (χ1v) is 27.3. The first kappa shape index (κ1) is 63.0. The Kier molecular flexibility index (Phi) is 46.3. The van der Waals surface area contributed by atoms with Crippen LogP contribution in [-0.4, -0.2) is 80.6 Å². The van der Waals surface area contributed by atoms with Gasteiger partial charge in [0, 0.05) is 19.3 Å². The van der Waals surface area contributed by atoms with Crippen LogP contribution in [0.1, 0.15) is 239 Å². The van der Waals surface area contributed by atoms with E-state index in [9.17, 15) is 19.5 Å². The summed E-state index contributed by atoms with van der Waals surface area (Å²) in [5, 5.41) is 9.67. The SMILES string of the molecule is CC/C=C/C/C=C/C/C=C/CCCCCCCCCCCC(=O)OC(COCCC(C(=O)O)[N+](C)(C)C)COC(=O)CCCCCCCCC/C=C/C/C=C/CCCCCCCCCCC. The maximum atomic E-state index is 12.8. The highest BCUT2D eigenvalue weighted by atomic mass is 16.6. The molecule has 0 aromatic carbocycles. The number of esters is 2. The Hall–Kier alpha value is -2.97. The van der Waals surface area contributed by atoms with Gasteiger partial charge in [-0.05, 0) is 77.0 Å². The quantitative estimate of drug-likeness (QED) is 0.0281. The predicted molar refractivity (Wildman–Crippen MR) is 280 cm³/mol. The van der Waals surface area contributed by atoms with Crippen LogP contribution in [-0.2, 0) is 28.6 Å². The molecule has 0 rings (SSSR count). The number of allylic oxidation sites excluding steroid dienone is 10. The molecule has 0 aromatic heterocycles. The van der Waals surface area contributed by atoms with Crippen molar-refractivity contribution in [1.29, 1.82) is 0 Å². The molecule has 2 unspecified atom stereocenters. The van der Waals surface area contributed by atoms with Crippen LogP contribution in [0.2, 0.25) is 0 Å². The Balaban J connectivity index is 4.22. The molecule has 2 atom stereocenters. The number of hydrogen-bond donors (Lipinski definition) is 1. The van der Waals surface area contributed by atoms with Crippen molar-refractivity contribution in [2.75, 3.05) is 41.0 Å². The van der Waals surface area contributed by atoms with Crippen molar-refractivity contribution >= 4 is 17.9 Å². The smallest absolute Gasteiger partial charge is 0.362 e. The van der Waals surface area contributed by atoms with E-state index in [1.165, 1.54) is 128 Å². The van der Waals surface area contributed by atoms with Gasteiger partial charge in [-0.25, -0.2) is 4.79 Å². The molecule has 0 radical (unpaired) electrons. The molecule has 0 spiro atoms. The third-order valence-electron chi connectivity index (χ3n) is 12.2. The van der Waals surface area contributed by atoms with Gasteiger partial charge in [0.1, 0.15) is 6.61 Å². The largest absolute Gasteiger partial charge is 0.477 e. The summed E-state index contributed by atoms with van der Waals surface area (Å²) in [4.78, 5) is 37.2. The van der Waals surface area contributed by atoms with E-state index in [1.807, 2.05) is 21.1 Å². The number of carboxylic acids is 1. The molecule has 0 aliphatic heterocycles. The van der Waals surface area contributed by atoms with Crippen LogP contribution in [0.15, 0.2) is 60.8 Å². The molecule has 0 bridgehead atoms. The molecule has 8 nitrogen and oxygen atoms in total. The van der Waals surface area contributed by atoms with Gasteiger partial charge in [-0.15, -0.1) is 0 Å². The molecule has 382 valence electrons. The molecule has 0 saturated heterocycles. The van der Waals surface area contributed by atoms with Crippen molar-refractivity contribution in [3.8, 4) is 0 Å². The summed E-state index contributed by atoms with van der Waals surface area (Å²) in [5.41, 5.74) is 0. The minimum absolute atomic E-state index is 0.0552. The van der Waals surface area contributed by atoms with Crippen LogP contribution in [0.3, 0.4) is 0 Å². The number of likely N-dealkylation sites (N-methyl/N-ethyl adjacent to an activating group) is 1. The second-order valence-electron chi connectivity index (χ2n) is 19.5. The third-order valence-corrected chi connectivity index (χ3v) is 12.2. The monoisotopic (exact) mass is 927 g/mol. The average Bonchev–Trinajstić information content (AvgIpc) is 3.28. The van der Waals surface area contributed by atoms with Gasteiger partial charge in [-0.3, -0.25) is 9.59 Å². The van der Waals surface area contributed by atoms with E-state index in [2.05, 4.69) is 74.6 Å². The van der Waals surface area contributed by atoms with Gasteiger partial charge in [0.05, 0.1) is 34.4 Å². The van der Waals surface area contributed by atoms with E-state index >= 15 is 0 Å². The fourth-order valence-corrected chi connectivity index (χ4v) is 7.96. The standard InChI is InChI=1S/C58H103NO7/c1-6-8-10-12-14-16-18-20-22-24-26-27-28-29-31-32-34-36-38-40-42-44-46-48-56(60)65-53-54(52-64-51-50-55(58(62)63)59(3,4)5)66-57(61)49-47-45-43-41-39-37-35-33-30-25-23-21-19-17-15-13-11-9-7-2/h9,11,15,17,21,23,26-27,29,31,54-55H,6-8,10,12-14,16,18-20,22,24-25,28,30,32-53H2,1-5H3/p+1/b11-9+,17-15+,23-21+,27-26+,31-29+. The van der Waals surface area contributed by atoms with E-state index in [4.69, 9.17) is 14.2 Å². The van der Waals surface area contributed by atoms with Gasteiger partial charge in [-0.1, -0.05) is 203 Å². The van der Waals surface area contributed by atoms with Crippen molar-refractivity contribution in [1.82, 2.24) is 0 Å². The van der Waals surface area contributed by atoms with Crippen LogP contribution in [0, 0.1) is 0 Å². The first-order chi connectivity index (χ1) is 32.1. The number of carbonyl (C=O) groups is 3. The molecule has 66 heavy (non-hydrogen) atoms. The van der Waals surface area contributed by atoms with Gasteiger partial charge >= 0.3 is 17.9 Å². The number of quaternary nitrogens is 1. The molecule has 8 heteroatoms. The minimum Gasteiger partial charge on any atom is -0.477 e. The van der Waals surface area contributed by atoms with E-state index in [-0.39, 0.29) is 36.2 Å². The van der Waals surface area contributed by atoms with Crippen LogP contribution < -0.4 is 0 Å². The summed E-state index contributed by atoms with van der Waals surface area (Å²) in [5.74, 6) is -1.48. The Morgan fingerprint density at radius 2 is 0.848 bits per heavy atom. The lowest BCUT2D eigenvalue weighted by Gasteiger charge is -2.31. The number of nitrogens with zero attached hydrogens (tertiary/aromatic N) is 1. The summed E-state index contributed by atoms with van der Waals surface area (Å²) >= 11 is 0. The van der Waals surface area contributed by atoms with Crippen molar-refractivity contribution in [3.63, 3.8) is 0 Å². The maximum absolute atomic E-state index is 12.8. The van der Waals surface area contributed by atoms with E-state index in [0.717, 1.165) is 77.0 Å². The van der Waals surface area contributed by atoms with Crippen molar-refractivity contribution in [3.05, 3.63) is 60.8 Å². The van der Waals surface area contributed by atoms with Crippen LogP contribution in [0.25, 0.3) is 0 Å². The molecule has 1 N–H and O–H groups in total. The molecular weight excluding hydrogens is 823 g/mol. The van der Waals surface area contributed by atoms with Gasteiger partial charge in [0.2, 0.25) is 0 Å². The highest BCUT2D eigenvalue weighted by molar-refractivity contribution is 5.72. The maximum Gasteiger partial charge on any atom is 0.362 e. The topological polar surface area (TPSA) is 99.1 Å². The number of hydrogen-bond acceptors (Lipinski definition) is 6. The predicted octanol–water partition coefficient (Wildman–Crippen LogP) is 16.1. The first-order valence-electron chi connectivity index (χ1n) is 27.3. The zero-order chi connectivity index (χ0) is 48.4. The summed E-state index contributed by atoms with van der Waals surface area (Å²) in [6.45, 7) is 4.64. The number of carboxylic acid groups (broad SMARTS) is 1. The van der Waals surface area contributed by atoms with E-state index in [1.54, 1.807) is 0 Å². The van der Waals surface area contributed by atoms with Gasteiger partial charge < -0.3 is 23.8 Å². The molecule has 0 saturated carbocycles. The van der Waals surface area contributed by atoms with Gasteiger partial charge in [0.25, 0.3) is 0 Å². The number of rotatable bonds is 49. The lowest BCUT2D eigenvalue weighted by Crippen LogP contribution is -2.50. The second-order valence-corrected chi connectivity index (χ2v) is 19.5. The fraction of sp³-hybridized carbons (Fsp3) is 0.776. The Morgan fingerprint density at radius 1 is 0.470 bits per heavy atom. The third kappa shape index (κ3) is 46.2. The van der Waals surface area contributed by atoms with Crippen molar-refractivity contribution < 1.29 is 38.2 Å². The number of aliphatic carboxylic acids is 1. The molecule has 0 aromatic rings. The van der Waals surface area contributed by atoms with Crippen LogP contribution in [0.5, 0.6) is 0 Å². The Morgan fingerprint density at radius 3 is 1.26 bits per heavy atom. The second kappa shape index (κ2) is 48.5. The normalized spacial score (nSPS) is 13.3. The highest BCUT2D eigenvalue weighted by Crippen LogP contribution is 2.15. The zero-order valence-corrected chi connectivity index (χ0v) is 43.6.